The summed E-state index contributed by atoms with van der Waals surface area (Å²) in [6.45, 7) is -0.250. The molecule has 0 atom stereocenters. The van der Waals surface area contributed by atoms with E-state index < -0.39 is 10.4 Å². The van der Waals surface area contributed by atoms with Crippen LogP contribution >= 0.6 is 0 Å². The first-order valence-electron chi connectivity index (χ1n) is 3.93. The Morgan fingerprint density at radius 1 is 1.07 bits per heavy atom. The van der Waals surface area contributed by atoms with Crippen molar-refractivity contribution in [1.82, 2.24) is 0 Å². The van der Waals surface area contributed by atoms with Crippen molar-refractivity contribution in [2.45, 2.75) is 0 Å². The highest BCUT2D eigenvalue weighted by Crippen LogP contribution is 2.09. The van der Waals surface area contributed by atoms with E-state index in [1.807, 2.05) is 0 Å². The van der Waals surface area contributed by atoms with Gasteiger partial charge in [0.25, 0.3) is 0 Å². The van der Waals surface area contributed by atoms with Crippen molar-refractivity contribution in [3.05, 3.63) is 30.3 Å². The second-order valence-electron chi connectivity index (χ2n) is 2.27. The summed E-state index contributed by atoms with van der Waals surface area (Å²) in [4.78, 5) is 0. The minimum atomic E-state index is -4.38. The van der Waals surface area contributed by atoms with E-state index in [-0.39, 0.29) is 19.0 Å². The van der Waals surface area contributed by atoms with Crippen LogP contribution in [0.4, 0.5) is 0 Å². The van der Waals surface area contributed by atoms with Crippen LogP contribution in [-0.2, 0) is 10.4 Å². The minimum absolute atomic E-state index is 0.0926. The van der Waals surface area contributed by atoms with E-state index in [1.165, 1.54) is 12.1 Å². The molecule has 3 N–H and O–H groups in total. The summed E-state index contributed by atoms with van der Waals surface area (Å²) in [7, 11) is -4.38. The third-order valence-electron chi connectivity index (χ3n) is 1.04. The van der Waals surface area contributed by atoms with Gasteiger partial charge in [0.05, 0.1) is 13.2 Å². The molecule has 0 aliphatic carbocycles. The lowest BCUT2D eigenvalue weighted by Gasteiger charge is -1.98. The van der Waals surface area contributed by atoms with Gasteiger partial charge < -0.3 is 14.4 Å². The van der Waals surface area contributed by atoms with Gasteiger partial charge in [-0.3, -0.25) is 4.55 Å². The summed E-state index contributed by atoms with van der Waals surface area (Å²) in [6, 6.07) is 7.75. The molecule has 1 rings (SSSR count). The number of aliphatic hydroxyl groups is 2. The minimum Gasteiger partial charge on any atom is -0.394 e. The maximum absolute atomic E-state index is 10.1. The standard InChI is InChI=1S/C6H6O4S.C2H6O2/c7-11(8,9)10-6-4-2-1-3-5-6;3-1-2-4/h1-5H,(H,7,8,9);3-4H,1-2H2. The molecule has 6 nitrogen and oxygen atoms in total. The maximum atomic E-state index is 10.1. The van der Waals surface area contributed by atoms with Crippen LogP contribution in [0.5, 0.6) is 5.75 Å². The lowest BCUT2D eigenvalue weighted by Crippen LogP contribution is -2.06. The maximum Gasteiger partial charge on any atom is 0.446 e. The molecule has 0 saturated carbocycles. The smallest absolute Gasteiger partial charge is 0.394 e. The van der Waals surface area contributed by atoms with Gasteiger partial charge in [-0.25, -0.2) is 0 Å². The van der Waals surface area contributed by atoms with E-state index in [1.54, 1.807) is 18.2 Å². The van der Waals surface area contributed by atoms with Crippen molar-refractivity contribution in [1.29, 1.82) is 0 Å². The van der Waals surface area contributed by atoms with Crippen molar-refractivity contribution in [3.8, 4) is 5.75 Å². The zero-order chi connectivity index (χ0) is 11.7. The largest absolute Gasteiger partial charge is 0.446 e. The summed E-state index contributed by atoms with van der Waals surface area (Å²) < 4.78 is 32.6. The molecule has 0 saturated heterocycles. The monoisotopic (exact) mass is 236 g/mol. The summed E-state index contributed by atoms with van der Waals surface area (Å²) >= 11 is 0. The molecule has 0 aliphatic rings. The number of benzene rings is 1. The average Bonchev–Trinajstić information content (AvgIpc) is 2.17. The molecule has 1 aromatic carbocycles. The summed E-state index contributed by atoms with van der Waals surface area (Å²) in [5.41, 5.74) is 0. The number of hydrogen-bond donors (Lipinski definition) is 3. The van der Waals surface area contributed by atoms with Gasteiger partial charge in [0.15, 0.2) is 0 Å². The summed E-state index contributed by atoms with van der Waals surface area (Å²) in [5.74, 6) is 0.0926. The second-order valence-corrected chi connectivity index (χ2v) is 3.29. The van der Waals surface area contributed by atoms with E-state index in [4.69, 9.17) is 14.8 Å². The molecule has 7 heteroatoms. The molecule has 0 fully saturated rings. The van der Waals surface area contributed by atoms with Crippen LogP contribution in [0.3, 0.4) is 0 Å². The fourth-order valence-electron chi connectivity index (χ4n) is 0.598. The molecule has 15 heavy (non-hydrogen) atoms. The molecule has 1 aromatic rings. The van der Waals surface area contributed by atoms with Crippen LogP contribution in [0.1, 0.15) is 0 Å². The first-order valence-corrected chi connectivity index (χ1v) is 5.29. The summed E-state index contributed by atoms with van der Waals surface area (Å²) in [5, 5.41) is 15.2. The molecular formula is C8H12O6S. The third kappa shape index (κ3) is 9.16. The van der Waals surface area contributed by atoms with Gasteiger partial charge in [0.1, 0.15) is 5.75 Å². The number of para-hydroxylation sites is 1. The zero-order valence-corrected chi connectivity index (χ0v) is 8.59. The molecule has 0 aromatic heterocycles. The Bertz CT molecular complexity index is 345. The number of hydrogen-bond acceptors (Lipinski definition) is 5. The highest BCUT2D eigenvalue weighted by Gasteiger charge is 2.04. The van der Waals surface area contributed by atoms with Crippen molar-refractivity contribution < 1.29 is 27.4 Å². The lowest BCUT2D eigenvalue weighted by atomic mass is 10.3. The first-order chi connectivity index (χ1) is 6.99. The Hall–Kier alpha value is -1.15. The predicted octanol–water partition coefficient (Wildman–Crippen LogP) is -0.161. The van der Waals surface area contributed by atoms with E-state index in [9.17, 15) is 8.42 Å². The van der Waals surface area contributed by atoms with E-state index >= 15 is 0 Å². The highest BCUT2D eigenvalue weighted by atomic mass is 32.3. The SMILES string of the molecule is O=S(=O)(O)Oc1ccccc1.OCCO. The van der Waals surface area contributed by atoms with Gasteiger partial charge in [-0.15, -0.1) is 0 Å². The van der Waals surface area contributed by atoms with Gasteiger partial charge >= 0.3 is 10.4 Å². The molecular weight excluding hydrogens is 224 g/mol. The predicted molar refractivity (Wildman–Crippen MR) is 52.8 cm³/mol. The molecule has 0 bridgehead atoms. The Morgan fingerprint density at radius 2 is 1.53 bits per heavy atom. The third-order valence-corrected chi connectivity index (χ3v) is 1.45. The number of rotatable bonds is 3. The average molecular weight is 236 g/mol. The van der Waals surface area contributed by atoms with Gasteiger partial charge in [0, 0.05) is 0 Å². The molecule has 0 heterocycles. The van der Waals surface area contributed by atoms with Crippen LogP contribution in [0.15, 0.2) is 30.3 Å². The van der Waals surface area contributed by atoms with E-state index in [2.05, 4.69) is 4.18 Å². The van der Waals surface area contributed by atoms with Crippen molar-refractivity contribution in [3.63, 3.8) is 0 Å². The zero-order valence-electron chi connectivity index (χ0n) is 7.78. The normalized spacial score (nSPS) is 10.1. The topological polar surface area (TPSA) is 104 Å². The van der Waals surface area contributed by atoms with Gasteiger partial charge in [-0.05, 0) is 12.1 Å². The highest BCUT2D eigenvalue weighted by molar-refractivity contribution is 7.81. The molecule has 86 valence electrons. The summed E-state index contributed by atoms with van der Waals surface area (Å²) in [6.07, 6.45) is 0. The van der Waals surface area contributed by atoms with Crippen LogP contribution in [-0.4, -0.2) is 36.4 Å². The lowest BCUT2D eigenvalue weighted by molar-refractivity contribution is 0.186. The molecule has 0 aliphatic heterocycles. The fraction of sp³-hybridized carbons (Fsp3) is 0.250. The molecule has 0 amide bonds. The van der Waals surface area contributed by atoms with Gasteiger partial charge in [-0.2, -0.15) is 8.42 Å². The Labute approximate surface area is 87.7 Å². The molecule has 0 radical (unpaired) electrons. The molecule has 0 unspecified atom stereocenters. The Balaban J connectivity index is 0.000000423. The van der Waals surface area contributed by atoms with Crippen LogP contribution in [0.2, 0.25) is 0 Å². The fourth-order valence-corrected chi connectivity index (χ4v) is 0.952. The van der Waals surface area contributed by atoms with Crippen molar-refractivity contribution >= 4 is 10.4 Å². The Kier molecular flexibility index (Phi) is 6.63. The van der Waals surface area contributed by atoms with Crippen molar-refractivity contribution in [2.24, 2.45) is 0 Å². The second kappa shape index (κ2) is 7.18. The van der Waals surface area contributed by atoms with Crippen molar-refractivity contribution in [2.75, 3.05) is 13.2 Å². The Morgan fingerprint density at radius 3 is 1.87 bits per heavy atom. The molecule has 0 spiro atoms. The van der Waals surface area contributed by atoms with Crippen LogP contribution < -0.4 is 4.18 Å². The van der Waals surface area contributed by atoms with E-state index in [0.29, 0.717) is 0 Å². The first kappa shape index (κ1) is 13.8. The van der Waals surface area contributed by atoms with Gasteiger partial charge in [-0.1, -0.05) is 18.2 Å². The van der Waals surface area contributed by atoms with Gasteiger partial charge in [0.2, 0.25) is 0 Å². The van der Waals surface area contributed by atoms with Crippen LogP contribution in [0.25, 0.3) is 0 Å². The quantitative estimate of drug-likeness (QED) is 0.630. The van der Waals surface area contributed by atoms with Crippen LogP contribution in [0, 0.1) is 0 Å². The van der Waals surface area contributed by atoms with E-state index in [0.717, 1.165) is 0 Å². The number of aliphatic hydroxyl groups excluding tert-OH is 2.